The van der Waals surface area contributed by atoms with Gasteiger partial charge in [0, 0.05) is 25.7 Å². The molecule has 16 heavy (non-hydrogen) atoms. The fourth-order valence-electron chi connectivity index (χ4n) is 2.35. The average molecular weight is 242 g/mol. The summed E-state index contributed by atoms with van der Waals surface area (Å²) in [6, 6.07) is 1.30. The van der Waals surface area contributed by atoms with E-state index in [-0.39, 0.29) is 0 Å². The second-order valence-corrected chi connectivity index (χ2v) is 5.23. The largest absolute Gasteiger partial charge is 0.383 e. The minimum atomic E-state index is 0.622. The lowest BCUT2D eigenvalue weighted by molar-refractivity contribution is 0.173. The quantitative estimate of drug-likeness (QED) is 0.744. The first-order valence-corrected chi connectivity index (χ1v) is 6.78. The van der Waals surface area contributed by atoms with Crippen molar-refractivity contribution in [2.45, 2.75) is 50.6 Å². The van der Waals surface area contributed by atoms with Crippen molar-refractivity contribution in [2.75, 3.05) is 20.3 Å². The number of hydrogen-bond donors (Lipinski definition) is 1. The fraction of sp³-hybridized carbons (Fsp3) is 0.917. The molecule has 2 saturated carbocycles. The van der Waals surface area contributed by atoms with Crippen LogP contribution in [0.15, 0.2) is 0 Å². The Hall–Kier alpha value is -0.350. The maximum absolute atomic E-state index is 5.50. The Morgan fingerprint density at radius 3 is 2.56 bits per heavy atom. The zero-order valence-corrected chi connectivity index (χ0v) is 10.9. The first-order chi connectivity index (χ1) is 7.81. The first kappa shape index (κ1) is 12.1. The Morgan fingerprint density at radius 1 is 1.31 bits per heavy atom. The van der Waals surface area contributed by atoms with E-state index < -0.39 is 0 Å². The summed E-state index contributed by atoms with van der Waals surface area (Å²) in [4.78, 5) is 2.32. The van der Waals surface area contributed by atoms with Gasteiger partial charge in [-0.15, -0.1) is 0 Å². The van der Waals surface area contributed by atoms with Crippen LogP contribution in [0.4, 0.5) is 0 Å². The molecule has 0 aliphatic heterocycles. The van der Waals surface area contributed by atoms with E-state index in [4.69, 9.17) is 17.0 Å². The van der Waals surface area contributed by atoms with Gasteiger partial charge in [0.05, 0.1) is 6.61 Å². The van der Waals surface area contributed by atoms with Crippen molar-refractivity contribution in [2.24, 2.45) is 0 Å². The van der Waals surface area contributed by atoms with E-state index in [1.807, 2.05) is 0 Å². The molecule has 0 saturated heterocycles. The highest BCUT2D eigenvalue weighted by Crippen LogP contribution is 2.27. The minimum Gasteiger partial charge on any atom is -0.383 e. The molecular weight excluding hydrogens is 220 g/mol. The zero-order chi connectivity index (χ0) is 11.4. The summed E-state index contributed by atoms with van der Waals surface area (Å²) in [6.45, 7) is 1.70. The van der Waals surface area contributed by atoms with Crippen molar-refractivity contribution in [3.63, 3.8) is 0 Å². The van der Waals surface area contributed by atoms with Gasteiger partial charge in [0.15, 0.2) is 5.11 Å². The molecule has 0 spiro atoms. The van der Waals surface area contributed by atoms with Crippen LogP contribution in [0.5, 0.6) is 0 Å². The number of methoxy groups -OCH3 is 1. The van der Waals surface area contributed by atoms with E-state index in [0.29, 0.717) is 12.1 Å². The topological polar surface area (TPSA) is 24.5 Å². The standard InChI is InChI=1S/C12H22N2OS/c1-15-9-8-14(11-6-7-11)12(16)13-10-4-2-3-5-10/h10-11H,2-9H2,1H3,(H,13,16). The van der Waals surface area contributed by atoms with Crippen LogP contribution in [0.25, 0.3) is 0 Å². The van der Waals surface area contributed by atoms with Crippen molar-refractivity contribution < 1.29 is 4.74 Å². The molecule has 0 amide bonds. The Bertz CT molecular complexity index is 237. The molecule has 0 unspecified atom stereocenters. The second-order valence-electron chi connectivity index (χ2n) is 4.85. The molecule has 0 aromatic rings. The maximum Gasteiger partial charge on any atom is 0.169 e. The molecule has 0 aromatic carbocycles. The summed E-state index contributed by atoms with van der Waals surface area (Å²) in [7, 11) is 1.75. The molecule has 2 rings (SSSR count). The summed E-state index contributed by atoms with van der Waals surface area (Å²) < 4.78 is 5.14. The molecule has 0 bridgehead atoms. The van der Waals surface area contributed by atoms with Crippen LogP contribution < -0.4 is 5.32 Å². The second kappa shape index (κ2) is 5.82. The minimum absolute atomic E-state index is 0.622. The van der Waals surface area contributed by atoms with E-state index in [0.717, 1.165) is 18.3 Å². The summed E-state index contributed by atoms with van der Waals surface area (Å²) in [5.74, 6) is 0. The van der Waals surface area contributed by atoms with Crippen LogP contribution in [-0.2, 0) is 4.74 Å². The van der Waals surface area contributed by atoms with Gasteiger partial charge in [-0.2, -0.15) is 0 Å². The van der Waals surface area contributed by atoms with Gasteiger partial charge < -0.3 is 15.0 Å². The molecule has 1 N–H and O–H groups in total. The molecule has 3 nitrogen and oxygen atoms in total. The molecule has 0 aromatic heterocycles. The van der Waals surface area contributed by atoms with Crippen molar-refractivity contribution in [3.8, 4) is 0 Å². The highest BCUT2D eigenvalue weighted by Gasteiger charge is 2.31. The lowest BCUT2D eigenvalue weighted by Crippen LogP contribution is -2.46. The Morgan fingerprint density at radius 2 is 2.00 bits per heavy atom. The number of nitrogens with one attached hydrogen (secondary N) is 1. The Balaban J connectivity index is 1.78. The van der Waals surface area contributed by atoms with E-state index in [1.54, 1.807) is 7.11 Å². The van der Waals surface area contributed by atoms with E-state index in [2.05, 4.69) is 10.2 Å². The van der Waals surface area contributed by atoms with Crippen molar-refractivity contribution >= 4 is 17.3 Å². The summed E-state index contributed by atoms with van der Waals surface area (Å²) >= 11 is 5.50. The molecular formula is C12H22N2OS. The van der Waals surface area contributed by atoms with Gasteiger partial charge in [-0.25, -0.2) is 0 Å². The van der Waals surface area contributed by atoms with Gasteiger partial charge in [-0.1, -0.05) is 12.8 Å². The molecule has 2 aliphatic carbocycles. The SMILES string of the molecule is COCCN(C(=S)NC1CCCC1)C1CC1. The van der Waals surface area contributed by atoms with E-state index >= 15 is 0 Å². The fourth-order valence-corrected chi connectivity index (χ4v) is 2.76. The Labute approximate surface area is 104 Å². The molecule has 0 atom stereocenters. The number of ether oxygens (including phenoxy) is 1. The smallest absolute Gasteiger partial charge is 0.169 e. The molecule has 4 heteroatoms. The molecule has 0 radical (unpaired) electrons. The molecule has 2 aliphatic rings. The molecule has 0 heterocycles. The van der Waals surface area contributed by atoms with Crippen LogP contribution in [0.2, 0.25) is 0 Å². The summed E-state index contributed by atoms with van der Waals surface area (Å²) in [6.07, 6.45) is 7.84. The summed E-state index contributed by atoms with van der Waals surface area (Å²) in [5.41, 5.74) is 0. The third-order valence-electron chi connectivity index (χ3n) is 3.47. The zero-order valence-electron chi connectivity index (χ0n) is 10.1. The number of hydrogen-bond acceptors (Lipinski definition) is 2. The lowest BCUT2D eigenvalue weighted by atomic mass is 10.2. The average Bonchev–Trinajstić information content (AvgIpc) is 2.98. The highest BCUT2D eigenvalue weighted by atomic mass is 32.1. The van der Waals surface area contributed by atoms with E-state index in [9.17, 15) is 0 Å². The first-order valence-electron chi connectivity index (χ1n) is 6.37. The van der Waals surface area contributed by atoms with Crippen LogP contribution in [0, 0.1) is 0 Å². The van der Waals surface area contributed by atoms with Gasteiger partial charge in [-0.05, 0) is 37.9 Å². The third-order valence-corrected chi connectivity index (χ3v) is 3.82. The third kappa shape index (κ3) is 3.32. The normalized spacial score (nSPS) is 21.1. The van der Waals surface area contributed by atoms with Crippen LogP contribution in [-0.4, -0.2) is 42.4 Å². The van der Waals surface area contributed by atoms with Crippen molar-refractivity contribution in [1.29, 1.82) is 0 Å². The maximum atomic E-state index is 5.50. The molecule has 92 valence electrons. The highest BCUT2D eigenvalue weighted by molar-refractivity contribution is 7.80. The van der Waals surface area contributed by atoms with Gasteiger partial charge in [-0.3, -0.25) is 0 Å². The van der Waals surface area contributed by atoms with E-state index in [1.165, 1.54) is 38.5 Å². The van der Waals surface area contributed by atoms with Crippen molar-refractivity contribution in [1.82, 2.24) is 10.2 Å². The summed E-state index contributed by atoms with van der Waals surface area (Å²) in [5, 5.41) is 4.46. The van der Waals surface area contributed by atoms with Crippen LogP contribution in [0.1, 0.15) is 38.5 Å². The predicted octanol–water partition coefficient (Wildman–Crippen LogP) is 1.91. The lowest BCUT2D eigenvalue weighted by Gasteiger charge is -2.27. The predicted molar refractivity (Wildman–Crippen MR) is 69.6 cm³/mol. The van der Waals surface area contributed by atoms with Crippen LogP contribution in [0.3, 0.4) is 0 Å². The Kier molecular flexibility index (Phi) is 4.41. The van der Waals surface area contributed by atoms with Crippen LogP contribution >= 0.6 is 12.2 Å². The number of nitrogens with zero attached hydrogens (tertiary/aromatic N) is 1. The van der Waals surface area contributed by atoms with Gasteiger partial charge in [0.25, 0.3) is 0 Å². The van der Waals surface area contributed by atoms with Gasteiger partial charge >= 0.3 is 0 Å². The molecule has 2 fully saturated rings. The van der Waals surface area contributed by atoms with Gasteiger partial charge in [0.2, 0.25) is 0 Å². The monoisotopic (exact) mass is 242 g/mol. The van der Waals surface area contributed by atoms with Gasteiger partial charge in [0.1, 0.15) is 0 Å². The number of rotatable bonds is 5. The number of thiocarbonyl (C=S) groups is 1. The van der Waals surface area contributed by atoms with Crippen molar-refractivity contribution in [3.05, 3.63) is 0 Å².